The summed E-state index contributed by atoms with van der Waals surface area (Å²) in [6.07, 6.45) is 3.10. The second-order valence-electron chi connectivity index (χ2n) is 7.67. The van der Waals surface area contributed by atoms with Crippen molar-refractivity contribution in [2.45, 2.75) is 57.4 Å². The van der Waals surface area contributed by atoms with E-state index in [2.05, 4.69) is 32.2 Å². The van der Waals surface area contributed by atoms with Crippen LogP contribution in [0.2, 0.25) is 0 Å². The third kappa shape index (κ3) is 5.48. The van der Waals surface area contributed by atoms with Crippen molar-refractivity contribution in [3.05, 3.63) is 29.8 Å². The second-order valence-corrected chi connectivity index (χ2v) is 7.67. The van der Waals surface area contributed by atoms with Gasteiger partial charge in [-0.15, -0.1) is 0 Å². The zero-order valence-electron chi connectivity index (χ0n) is 15.6. The van der Waals surface area contributed by atoms with Gasteiger partial charge in [-0.3, -0.25) is 4.79 Å². The number of hydrogen-bond acceptors (Lipinski definition) is 5. The van der Waals surface area contributed by atoms with Crippen molar-refractivity contribution in [1.29, 1.82) is 5.26 Å². The maximum absolute atomic E-state index is 11.9. The molecule has 1 N–H and O–H groups in total. The molecule has 0 radical (unpaired) electrons. The largest absolute Gasteiger partial charge is 0.482 e. The monoisotopic (exact) mass is 358 g/mol. The van der Waals surface area contributed by atoms with Gasteiger partial charge in [0.15, 0.2) is 13.2 Å². The molecular formula is C20H26N2O4. The molecule has 1 aliphatic carbocycles. The first-order valence-electron chi connectivity index (χ1n) is 8.85. The molecule has 0 aromatic heterocycles. The van der Waals surface area contributed by atoms with Crippen LogP contribution in [0.1, 0.15) is 52.0 Å². The number of carbonyl (C=O) groups excluding carboxylic acids is 2. The highest BCUT2D eigenvalue weighted by Gasteiger charge is 2.35. The summed E-state index contributed by atoms with van der Waals surface area (Å²) in [5, 5.41) is 11.9. The number of hydrogen-bond donors (Lipinski definition) is 1. The third-order valence-corrected chi connectivity index (χ3v) is 4.49. The molecule has 1 aliphatic rings. The number of rotatable bonds is 6. The zero-order chi connectivity index (χ0) is 19.2. The van der Waals surface area contributed by atoms with Gasteiger partial charge in [-0.25, -0.2) is 4.79 Å². The van der Waals surface area contributed by atoms with E-state index in [1.807, 2.05) is 12.1 Å². The summed E-state index contributed by atoms with van der Waals surface area (Å²) < 4.78 is 10.3. The van der Waals surface area contributed by atoms with Crippen molar-refractivity contribution < 1.29 is 19.1 Å². The van der Waals surface area contributed by atoms with Gasteiger partial charge in [0.05, 0.1) is 6.07 Å². The minimum Gasteiger partial charge on any atom is -0.482 e. The molecule has 0 unspecified atom stereocenters. The van der Waals surface area contributed by atoms with Gasteiger partial charge < -0.3 is 14.8 Å². The van der Waals surface area contributed by atoms with E-state index in [1.54, 1.807) is 12.1 Å². The summed E-state index contributed by atoms with van der Waals surface area (Å²) in [7, 11) is 0. The lowest BCUT2D eigenvalue weighted by Gasteiger charge is -2.21. The quantitative estimate of drug-likeness (QED) is 0.790. The molecule has 2 rings (SSSR count). The molecule has 6 heteroatoms. The van der Waals surface area contributed by atoms with Crippen LogP contribution in [0.3, 0.4) is 0 Å². The lowest BCUT2D eigenvalue weighted by molar-refractivity contribution is -0.150. The Hall–Kier alpha value is -2.55. The normalized spacial score (nSPS) is 15.8. The molecule has 26 heavy (non-hydrogen) atoms. The molecule has 6 nitrogen and oxygen atoms in total. The SMILES string of the molecule is CC(C)(C)c1ccc(OCC(=O)OCC(=O)NC2(C#N)CCCC2)cc1. The Kier molecular flexibility index (Phi) is 6.25. The van der Waals surface area contributed by atoms with E-state index < -0.39 is 24.0 Å². The maximum Gasteiger partial charge on any atom is 0.344 e. The van der Waals surface area contributed by atoms with E-state index in [4.69, 9.17) is 9.47 Å². The van der Waals surface area contributed by atoms with Crippen LogP contribution >= 0.6 is 0 Å². The molecule has 0 aliphatic heterocycles. The van der Waals surface area contributed by atoms with E-state index in [-0.39, 0.29) is 12.0 Å². The summed E-state index contributed by atoms with van der Waals surface area (Å²) >= 11 is 0. The first-order chi connectivity index (χ1) is 12.2. The smallest absolute Gasteiger partial charge is 0.344 e. The lowest BCUT2D eigenvalue weighted by Crippen LogP contribution is -2.46. The summed E-state index contributed by atoms with van der Waals surface area (Å²) in [6.45, 7) is 5.67. The van der Waals surface area contributed by atoms with Crippen molar-refractivity contribution in [1.82, 2.24) is 5.32 Å². The van der Waals surface area contributed by atoms with E-state index in [0.717, 1.165) is 12.8 Å². The number of nitrogens with one attached hydrogen (secondary N) is 1. The Morgan fingerprint density at radius 3 is 2.31 bits per heavy atom. The molecule has 140 valence electrons. The Morgan fingerprint density at radius 1 is 1.15 bits per heavy atom. The Labute approximate surface area is 154 Å². The summed E-state index contributed by atoms with van der Waals surface area (Å²) in [5.74, 6) is -0.525. The Balaban J connectivity index is 1.73. The number of nitriles is 1. The predicted molar refractivity (Wildman–Crippen MR) is 96.6 cm³/mol. The highest BCUT2D eigenvalue weighted by Crippen LogP contribution is 2.28. The number of nitrogens with zero attached hydrogens (tertiary/aromatic N) is 1. The molecule has 0 saturated heterocycles. The molecule has 1 aromatic rings. The zero-order valence-corrected chi connectivity index (χ0v) is 15.6. The van der Waals surface area contributed by atoms with Gasteiger partial charge in [0.25, 0.3) is 5.91 Å². The van der Waals surface area contributed by atoms with Gasteiger partial charge in [0, 0.05) is 0 Å². The van der Waals surface area contributed by atoms with Gasteiger partial charge in [0.1, 0.15) is 11.3 Å². The number of ether oxygens (including phenoxy) is 2. The van der Waals surface area contributed by atoms with Crippen molar-refractivity contribution >= 4 is 11.9 Å². The number of carbonyl (C=O) groups is 2. The molecule has 1 amide bonds. The standard InChI is InChI=1S/C20H26N2O4/c1-19(2,3)15-6-8-16(9-7-15)25-13-18(24)26-12-17(23)22-20(14-21)10-4-5-11-20/h6-9H,4-5,10-13H2,1-3H3,(H,22,23). The second kappa shape index (κ2) is 8.22. The fraction of sp³-hybridized carbons (Fsp3) is 0.550. The van der Waals surface area contributed by atoms with Crippen molar-refractivity contribution in [2.24, 2.45) is 0 Å². The molecule has 1 fully saturated rings. The summed E-state index contributed by atoms with van der Waals surface area (Å²) in [5.41, 5.74) is 0.405. The highest BCUT2D eigenvalue weighted by atomic mass is 16.6. The highest BCUT2D eigenvalue weighted by molar-refractivity contribution is 5.81. The van der Waals surface area contributed by atoms with Crippen LogP contribution in [0.25, 0.3) is 0 Å². The van der Waals surface area contributed by atoms with Crippen LogP contribution in [0.4, 0.5) is 0 Å². The van der Waals surface area contributed by atoms with Crippen LogP contribution in [-0.4, -0.2) is 30.6 Å². The Morgan fingerprint density at radius 2 is 1.77 bits per heavy atom. The van der Waals surface area contributed by atoms with Crippen molar-refractivity contribution in [2.75, 3.05) is 13.2 Å². The third-order valence-electron chi connectivity index (χ3n) is 4.49. The molecule has 1 saturated carbocycles. The van der Waals surface area contributed by atoms with Crippen molar-refractivity contribution in [3.8, 4) is 11.8 Å². The molecule has 0 atom stereocenters. The van der Waals surface area contributed by atoms with Crippen LogP contribution in [0, 0.1) is 11.3 Å². The van der Waals surface area contributed by atoms with Crippen LogP contribution in [0.5, 0.6) is 5.75 Å². The fourth-order valence-corrected chi connectivity index (χ4v) is 2.93. The Bertz CT molecular complexity index is 677. The van der Waals surface area contributed by atoms with Gasteiger partial charge in [0.2, 0.25) is 0 Å². The van der Waals surface area contributed by atoms with Gasteiger partial charge >= 0.3 is 5.97 Å². The first kappa shape index (κ1) is 19.8. The topological polar surface area (TPSA) is 88.4 Å². The van der Waals surface area contributed by atoms with E-state index in [0.29, 0.717) is 18.6 Å². The summed E-state index contributed by atoms with van der Waals surface area (Å²) in [6, 6.07) is 9.68. The minimum absolute atomic E-state index is 0.0466. The molecular weight excluding hydrogens is 332 g/mol. The van der Waals surface area contributed by atoms with Gasteiger partial charge in [-0.2, -0.15) is 5.26 Å². The van der Waals surface area contributed by atoms with Crippen LogP contribution in [0.15, 0.2) is 24.3 Å². The van der Waals surface area contributed by atoms with E-state index in [1.165, 1.54) is 5.56 Å². The van der Waals surface area contributed by atoms with Gasteiger partial charge in [-0.1, -0.05) is 32.9 Å². The number of amides is 1. The molecule has 0 bridgehead atoms. The molecule has 0 spiro atoms. The molecule has 1 aromatic carbocycles. The van der Waals surface area contributed by atoms with E-state index >= 15 is 0 Å². The average Bonchev–Trinajstić information content (AvgIpc) is 3.06. The van der Waals surface area contributed by atoms with Crippen LogP contribution in [-0.2, 0) is 19.7 Å². The van der Waals surface area contributed by atoms with E-state index in [9.17, 15) is 14.9 Å². The maximum atomic E-state index is 11.9. The lowest BCUT2D eigenvalue weighted by atomic mass is 9.87. The van der Waals surface area contributed by atoms with Crippen LogP contribution < -0.4 is 10.1 Å². The number of benzene rings is 1. The fourth-order valence-electron chi connectivity index (χ4n) is 2.93. The van der Waals surface area contributed by atoms with Gasteiger partial charge in [-0.05, 0) is 48.8 Å². The minimum atomic E-state index is -0.811. The summed E-state index contributed by atoms with van der Waals surface area (Å²) in [4.78, 5) is 23.6. The molecule has 0 heterocycles. The predicted octanol–water partition coefficient (Wildman–Crippen LogP) is 2.86. The number of esters is 1. The first-order valence-corrected chi connectivity index (χ1v) is 8.85. The average molecular weight is 358 g/mol. The van der Waals surface area contributed by atoms with Crippen molar-refractivity contribution in [3.63, 3.8) is 0 Å².